The molecule has 1 unspecified atom stereocenters. The molecule has 26 heavy (non-hydrogen) atoms. The van der Waals surface area contributed by atoms with Crippen LogP contribution in [-0.4, -0.2) is 26.4 Å². The van der Waals surface area contributed by atoms with E-state index in [-0.39, 0.29) is 11.9 Å². The molecule has 5 nitrogen and oxygen atoms in total. The molecule has 1 amide bonds. The third-order valence-electron chi connectivity index (χ3n) is 3.92. The number of nitrogens with one attached hydrogen (secondary N) is 1. The fourth-order valence-corrected chi connectivity index (χ4v) is 4.14. The summed E-state index contributed by atoms with van der Waals surface area (Å²) in [6.45, 7) is 2.04. The summed E-state index contributed by atoms with van der Waals surface area (Å²) in [5.41, 5.74) is 1.05. The van der Waals surface area contributed by atoms with Crippen molar-refractivity contribution in [1.82, 2.24) is 20.1 Å². The van der Waals surface area contributed by atoms with Gasteiger partial charge < -0.3 is 9.88 Å². The van der Waals surface area contributed by atoms with Crippen LogP contribution in [0.15, 0.2) is 46.9 Å². The largest absolute Gasteiger partial charge is 0.349 e. The van der Waals surface area contributed by atoms with Gasteiger partial charge in [0.25, 0.3) is 0 Å². The van der Waals surface area contributed by atoms with E-state index in [4.69, 9.17) is 11.6 Å². The Balaban J connectivity index is 1.59. The van der Waals surface area contributed by atoms with Crippen LogP contribution in [0.4, 0.5) is 0 Å². The van der Waals surface area contributed by atoms with Crippen molar-refractivity contribution in [3.05, 3.63) is 52.4 Å². The zero-order chi connectivity index (χ0) is 18.5. The first-order valence-corrected chi connectivity index (χ1v) is 10.4. The highest BCUT2D eigenvalue weighted by molar-refractivity contribution is 7.99. The van der Waals surface area contributed by atoms with E-state index in [1.54, 1.807) is 11.3 Å². The molecule has 8 heteroatoms. The molecule has 2 heterocycles. The molecular formula is C18H19ClN4OS2. The van der Waals surface area contributed by atoms with E-state index >= 15 is 0 Å². The molecular weight excluding hydrogens is 388 g/mol. The van der Waals surface area contributed by atoms with E-state index in [0.29, 0.717) is 10.8 Å². The lowest BCUT2D eigenvalue weighted by atomic mass is 10.0. The van der Waals surface area contributed by atoms with Crippen LogP contribution in [0.25, 0.3) is 10.7 Å². The lowest BCUT2D eigenvalue weighted by molar-refractivity contribution is -0.119. The average molecular weight is 407 g/mol. The van der Waals surface area contributed by atoms with Crippen LogP contribution in [-0.2, 0) is 11.8 Å². The highest BCUT2D eigenvalue weighted by atomic mass is 35.5. The monoisotopic (exact) mass is 406 g/mol. The van der Waals surface area contributed by atoms with E-state index < -0.39 is 0 Å². The molecule has 1 N–H and O–H groups in total. The minimum Gasteiger partial charge on any atom is -0.349 e. The minimum atomic E-state index is -0.0301. The Morgan fingerprint density at radius 2 is 2.08 bits per heavy atom. The summed E-state index contributed by atoms with van der Waals surface area (Å²) in [7, 11) is 1.91. The number of benzene rings is 1. The van der Waals surface area contributed by atoms with Crippen molar-refractivity contribution < 1.29 is 4.79 Å². The Morgan fingerprint density at radius 1 is 1.31 bits per heavy atom. The summed E-state index contributed by atoms with van der Waals surface area (Å²) in [6.07, 6.45) is 0.810. The molecule has 0 saturated heterocycles. The van der Waals surface area contributed by atoms with Crippen LogP contribution in [0.1, 0.15) is 24.9 Å². The maximum Gasteiger partial charge on any atom is 0.230 e. The summed E-state index contributed by atoms with van der Waals surface area (Å²) in [5.74, 6) is 1.08. The fourth-order valence-electron chi connectivity index (χ4n) is 2.54. The van der Waals surface area contributed by atoms with E-state index in [0.717, 1.165) is 27.8 Å². The molecule has 0 aliphatic rings. The molecule has 0 aliphatic carbocycles. The highest BCUT2D eigenvalue weighted by Crippen LogP contribution is 2.26. The van der Waals surface area contributed by atoms with Gasteiger partial charge in [-0.2, -0.15) is 0 Å². The van der Waals surface area contributed by atoms with E-state index in [9.17, 15) is 4.79 Å². The molecule has 1 aromatic carbocycles. The zero-order valence-corrected chi connectivity index (χ0v) is 16.9. The molecule has 136 valence electrons. The van der Waals surface area contributed by atoms with Crippen molar-refractivity contribution >= 4 is 40.6 Å². The first-order chi connectivity index (χ1) is 12.6. The Hall–Kier alpha value is -1.83. The predicted molar refractivity (Wildman–Crippen MR) is 108 cm³/mol. The second-order valence-corrected chi connectivity index (χ2v) is 8.04. The highest BCUT2D eigenvalue weighted by Gasteiger charge is 2.16. The zero-order valence-electron chi connectivity index (χ0n) is 14.5. The number of amides is 1. The van der Waals surface area contributed by atoms with Gasteiger partial charge in [0, 0.05) is 12.1 Å². The molecule has 0 spiro atoms. The maximum atomic E-state index is 12.4. The Morgan fingerprint density at radius 3 is 2.73 bits per heavy atom. The first kappa shape index (κ1) is 18.9. The maximum absolute atomic E-state index is 12.4. The third kappa shape index (κ3) is 4.47. The normalized spacial score (nSPS) is 12.1. The summed E-state index contributed by atoms with van der Waals surface area (Å²) in [5, 5.41) is 14.9. The number of rotatable bonds is 7. The molecule has 0 bridgehead atoms. The second kappa shape index (κ2) is 8.70. The molecule has 0 fully saturated rings. The number of carbonyl (C=O) groups is 1. The lowest BCUT2D eigenvalue weighted by Crippen LogP contribution is -2.29. The second-order valence-electron chi connectivity index (χ2n) is 5.71. The predicted octanol–water partition coefficient (Wildman–Crippen LogP) is 4.56. The van der Waals surface area contributed by atoms with Gasteiger partial charge >= 0.3 is 0 Å². The Labute approximate surface area is 165 Å². The van der Waals surface area contributed by atoms with E-state index in [2.05, 4.69) is 15.5 Å². The number of thioether (sulfide) groups is 1. The number of nitrogens with zero attached hydrogens (tertiary/aromatic N) is 3. The summed E-state index contributed by atoms with van der Waals surface area (Å²) < 4.78 is 1.92. The van der Waals surface area contributed by atoms with Gasteiger partial charge in [0.15, 0.2) is 11.0 Å². The van der Waals surface area contributed by atoms with Gasteiger partial charge in [-0.15, -0.1) is 21.5 Å². The molecule has 2 aromatic heterocycles. The number of halogens is 1. The smallest absolute Gasteiger partial charge is 0.230 e. The average Bonchev–Trinajstić information content (AvgIpc) is 3.28. The Kier molecular flexibility index (Phi) is 6.34. The fraction of sp³-hybridized carbons (Fsp3) is 0.278. The first-order valence-electron chi connectivity index (χ1n) is 8.19. The summed E-state index contributed by atoms with van der Waals surface area (Å²) in [4.78, 5) is 13.4. The molecule has 3 rings (SSSR count). The summed E-state index contributed by atoms with van der Waals surface area (Å²) >= 11 is 8.93. The minimum absolute atomic E-state index is 0.0263. The van der Waals surface area contributed by atoms with Crippen LogP contribution in [0.2, 0.25) is 5.02 Å². The van der Waals surface area contributed by atoms with Crippen molar-refractivity contribution in [3.8, 4) is 10.7 Å². The number of carbonyl (C=O) groups excluding carboxylic acids is 1. The van der Waals surface area contributed by atoms with E-state index in [1.807, 2.05) is 60.3 Å². The molecule has 0 saturated carbocycles. The molecule has 1 atom stereocenters. The quantitative estimate of drug-likeness (QED) is 0.584. The number of hydrogen-bond donors (Lipinski definition) is 1. The van der Waals surface area contributed by atoms with Gasteiger partial charge in [0.05, 0.1) is 16.7 Å². The van der Waals surface area contributed by atoms with Crippen molar-refractivity contribution in [2.24, 2.45) is 7.05 Å². The third-order valence-corrected chi connectivity index (χ3v) is 6.06. The SMILES string of the molecule is CCC(NC(=O)CSc1nnc(-c2cccs2)n1C)c1ccc(Cl)cc1. The van der Waals surface area contributed by atoms with Crippen LogP contribution < -0.4 is 5.32 Å². The van der Waals surface area contributed by atoms with Gasteiger partial charge in [0.2, 0.25) is 5.91 Å². The van der Waals surface area contributed by atoms with Crippen molar-refractivity contribution in [2.75, 3.05) is 5.75 Å². The van der Waals surface area contributed by atoms with Gasteiger partial charge in [-0.25, -0.2) is 0 Å². The van der Waals surface area contributed by atoms with Gasteiger partial charge in [0.1, 0.15) is 0 Å². The van der Waals surface area contributed by atoms with Gasteiger partial charge in [-0.05, 0) is 35.6 Å². The van der Waals surface area contributed by atoms with Crippen molar-refractivity contribution in [3.63, 3.8) is 0 Å². The van der Waals surface area contributed by atoms with Crippen molar-refractivity contribution in [1.29, 1.82) is 0 Å². The van der Waals surface area contributed by atoms with Gasteiger partial charge in [-0.1, -0.05) is 48.5 Å². The van der Waals surface area contributed by atoms with Crippen LogP contribution in [0, 0.1) is 0 Å². The number of hydrogen-bond acceptors (Lipinski definition) is 5. The molecule has 3 aromatic rings. The Bertz CT molecular complexity index is 862. The molecule has 0 radical (unpaired) electrons. The van der Waals surface area contributed by atoms with Crippen LogP contribution in [0.5, 0.6) is 0 Å². The molecule has 0 aliphatic heterocycles. The summed E-state index contributed by atoms with van der Waals surface area (Å²) in [6, 6.07) is 11.5. The number of aromatic nitrogens is 3. The lowest BCUT2D eigenvalue weighted by Gasteiger charge is -2.17. The van der Waals surface area contributed by atoms with Crippen LogP contribution in [0.3, 0.4) is 0 Å². The van der Waals surface area contributed by atoms with Crippen molar-refractivity contribution in [2.45, 2.75) is 24.5 Å². The van der Waals surface area contributed by atoms with E-state index in [1.165, 1.54) is 11.8 Å². The number of thiophene rings is 1. The van der Waals surface area contributed by atoms with Crippen LogP contribution >= 0.6 is 34.7 Å². The topological polar surface area (TPSA) is 59.8 Å². The van der Waals surface area contributed by atoms with Gasteiger partial charge in [-0.3, -0.25) is 4.79 Å². The standard InChI is InChI=1S/C18H19ClN4OS2/c1-3-14(12-6-8-13(19)9-7-12)20-16(24)11-26-18-22-21-17(23(18)2)15-5-4-10-25-15/h4-10,14H,3,11H2,1-2H3,(H,20,24).